The molecule has 2 aromatic carbocycles. The van der Waals surface area contributed by atoms with Crippen molar-refractivity contribution >= 4 is 28.7 Å². The first kappa shape index (κ1) is 15.0. The Labute approximate surface area is 127 Å². The molecule has 0 heterocycles. The van der Waals surface area contributed by atoms with Gasteiger partial charge in [-0.15, -0.1) is 0 Å². The van der Waals surface area contributed by atoms with Crippen LogP contribution in [0, 0.1) is 17.0 Å². The number of halogens is 1. The van der Waals surface area contributed by atoms with Crippen LogP contribution >= 0.6 is 11.6 Å². The van der Waals surface area contributed by atoms with Crippen LogP contribution in [-0.2, 0) is 0 Å². The standard InChI is InChI=1S/C15H14ClN3O2/c1-10-3-6-13(9-15(10)16)18-17-11(2)12-4-7-14(8-5-12)19(20)21/h3-9,18H,1-2H3/b17-11-. The Bertz CT molecular complexity index is 697. The van der Waals surface area contributed by atoms with E-state index < -0.39 is 4.92 Å². The normalized spacial score (nSPS) is 11.3. The fraction of sp³-hybridized carbons (Fsp3) is 0.133. The Morgan fingerprint density at radius 1 is 1.24 bits per heavy atom. The van der Waals surface area contributed by atoms with E-state index in [2.05, 4.69) is 10.5 Å². The fourth-order valence-electron chi connectivity index (χ4n) is 1.70. The number of hydrazone groups is 1. The van der Waals surface area contributed by atoms with Gasteiger partial charge in [-0.2, -0.15) is 5.10 Å². The van der Waals surface area contributed by atoms with Crippen molar-refractivity contribution in [2.75, 3.05) is 5.43 Å². The summed E-state index contributed by atoms with van der Waals surface area (Å²) in [6, 6.07) is 11.8. The first-order valence-electron chi connectivity index (χ1n) is 6.28. The van der Waals surface area contributed by atoms with Crippen LogP contribution in [0.4, 0.5) is 11.4 Å². The van der Waals surface area contributed by atoms with Crippen LogP contribution in [0.25, 0.3) is 0 Å². The summed E-state index contributed by atoms with van der Waals surface area (Å²) in [5, 5.41) is 15.5. The molecule has 0 radical (unpaired) electrons. The highest BCUT2D eigenvalue weighted by atomic mass is 35.5. The summed E-state index contributed by atoms with van der Waals surface area (Å²) >= 11 is 6.04. The summed E-state index contributed by atoms with van der Waals surface area (Å²) in [5.41, 5.74) is 6.30. The second kappa shape index (κ2) is 6.37. The average Bonchev–Trinajstić information content (AvgIpc) is 2.48. The van der Waals surface area contributed by atoms with Gasteiger partial charge in [-0.1, -0.05) is 17.7 Å². The molecule has 0 aliphatic carbocycles. The van der Waals surface area contributed by atoms with Gasteiger partial charge in [0, 0.05) is 17.2 Å². The van der Waals surface area contributed by atoms with E-state index in [9.17, 15) is 10.1 Å². The number of hydrogen-bond acceptors (Lipinski definition) is 4. The van der Waals surface area contributed by atoms with Crippen LogP contribution in [0.3, 0.4) is 0 Å². The molecule has 0 spiro atoms. The lowest BCUT2D eigenvalue weighted by Gasteiger charge is -2.05. The van der Waals surface area contributed by atoms with Gasteiger partial charge in [0.2, 0.25) is 0 Å². The molecule has 0 bridgehead atoms. The number of nitro groups is 1. The van der Waals surface area contributed by atoms with Crippen molar-refractivity contribution in [3.8, 4) is 0 Å². The molecule has 0 saturated carbocycles. The molecule has 0 aliphatic heterocycles. The number of anilines is 1. The fourth-order valence-corrected chi connectivity index (χ4v) is 1.88. The van der Waals surface area contributed by atoms with Crippen molar-refractivity contribution in [3.05, 3.63) is 68.7 Å². The summed E-state index contributed by atoms with van der Waals surface area (Å²) in [7, 11) is 0. The number of rotatable bonds is 4. The van der Waals surface area contributed by atoms with Crippen molar-refractivity contribution in [1.29, 1.82) is 0 Å². The predicted octanol–water partition coefficient (Wildman–Crippen LogP) is 4.39. The molecule has 0 aliphatic rings. The average molecular weight is 304 g/mol. The minimum absolute atomic E-state index is 0.0600. The first-order chi connectivity index (χ1) is 9.97. The van der Waals surface area contributed by atoms with E-state index in [1.54, 1.807) is 18.2 Å². The minimum atomic E-state index is -0.428. The Kier molecular flexibility index (Phi) is 4.55. The Balaban J connectivity index is 2.13. The van der Waals surface area contributed by atoms with E-state index in [4.69, 9.17) is 11.6 Å². The van der Waals surface area contributed by atoms with Crippen molar-refractivity contribution in [2.24, 2.45) is 5.10 Å². The maximum absolute atomic E-state index is 10.6. The third-order valence-corrected chi connectivity index (χ3v) is 3.43. The maximum atomic E-state index is 10.6. The molecule has 0 atom stereocenters. The Hall–Kier alpha value is -2.40. The van der Waals surface area contributed by atoms with E-state index >= 15 is 0 Å². The van der Waals surface area contributed by atoms with E-state index in [1.165, 1.54) is 12.1 Å². The molecule has 0 amide bonds. The van der Waals surface area contributed by atoms with Crippen LogP contribution in [0.2, 0.25) is 5.02 Å². The lowest BCUT2D eigenvalue weighted by atomic mass is 10.1. The first-order valence-corrected chi connectivity index (χ1v) is 6.66. The molecule has 0 aromatic heterocycles. The van der Waals surface area contributed by atoms with Gasteiger partial charge in [-0.25, -0.2) is 0 Å². The number of hydrogen-bond donors (Lipinski definition) is 1. The van der Waals surface area contributed by atoms with E-state index in [-0.39, 0.29) is 5.69 Å². The lowest BCUT2D eigenvalue weighted by Crippen LogP contribution is -2.00. The summed E-state index contributed by atoms with van der Waals surface area (Å²) < 4.78 is 0. The second-order valence-electron chi connectivity index (χ2n) is 4.58. The van der Waals surface area contributed by atoms with E-state index in [0.29, 0.717) is 5.02 Å². The maximum Gasteiger partial charge on any atom is 0.269 e. The summed E-state index contributed by atoms with van der Waals surface area (Å²) in [4.78, 5) is 10.2. The molecule has 2 rings (SSSR count). The largest absolute Gasteiger partial charge is 0.278 e. The topological polar surface area (TPSA) is 67.5 Å². The van der Waals surface area contributed by atoms with Crippen molar-refractivity contribution < 1.29 is 4.92 Å². The number of nitrogens with one attached hydrogen (secondary N) is 1. The van der Waals surface area contributed by atoms with Gasteiger partial charge >= 0.3 is 0 Å². The molecule has 1 N–H and O–H groups in total. The van der Waals surface area contributed by atoms with Gasteiger partial charge < -0.3 is 0 Å². The molecule has 108 valence electrons. The van der Waals surface area contributed by atoms with Crippen molar-refractivity contribution in [3.63, 3.8) is 0 Å². The van der Waals surface area contributed by atoms with Crippen molar-refractivity contribution in [2.45, 2.75) is 13.8 Å². The number of aryl methyl sites for hydroxylation is 1. The molecule has 0 saturated heterocycles. The zero-order chi connectivity index (χ0) is 15.4. The number of nitro benzene ring substituents is 1. The quantitative estimate of drug-likeness (QED) is 0.517. The van der Waals surface area contributed by atoms with Gasteiger partial charge in [0.15, 0.2) is 0 Å². The molecule has 0 fully saturated rings. The van der Waals surface area contributed by atoms with Crippen LogP contribution in [0.1, 0.15) is 18.1 Å². The minimum Gasteiger partial charge on any atom is -0.278 e. The molecule has 2 aromatic rings. The zero-order valence-electron chi connectivity index (χ0n) is 11.6. The molecule has 5 nitrogen and oxygen atoms in total. The second-order valence-corrected chi connectivity index (χ2v) is 4.98. The van der Waals surface area contributed by atoms with Gasteiger partial charge in [0.1, 0.15) is 0 Å². The van der Waals surface area contributed by atoms with Gasteiger partial charge in [0.05, 0.1) is 16.3 Å². The summed E-state index contributed by atoms with van der Waals surface area (Å²) in [6.45, 7) is 3.75. The molecular formula is C15H14ClN3O2. The molecular weight excluding hydrogens is 290 g/mol. The van der Waals surface area contributed by atoms with Gasteiger partial charge in [0.25, 0.3) is 5.69 Å². The molecule has 6 heteroatoms. The third-order valence-electron chi connectivity index (χ3n) is 3.02. The van der Waals surface area contributed by atoms with Gasteiger partial charge in [-0.05, 0) is 49.2 Å². The van der Waals surface area contributed by atoms with Crippen LogP contribution in [-0.4, -0.2) is 10.6 Å². The lowest BCUT2D eigenvalue weighted by molar-refractivity contribution is -0.384. The summed E-state index contributed by atoms with van der Waals surface area (Å²) in [6.07, 6.45) is 0. The highest BCUT2D eigenvalue weighted by Gasteiger charge is 2.05. The smallest absolute Gasteiger partial charge is 0.269 e. The van der Waals surface area contributed by atoms with E-state index in [0.717, 1.165) is 22.5 Å². The predicted molar refractivity (Wildman–Crippen MR) is 85.1 cm³/mol. The zero-order valence-corrected chi connectivity index (χ0v) is 12.4. The van der Waals surface area contributed by atoms with Crippen LogP contribution in [0.5, 0.6) is 0 Å². The molecule has 21 heavy (non-hydrogen) atoms. The SMILES string of the molecule is C/C(=N/Nc1ccc(C)c(Cl)c1)c1ccc([N+](=O)[O-])cc1. The van der Waals surface area contributed by atoms with Crippen molar-refractivity contribution in [1.82, 2.24) is 0 Å². The van der Waals surface area contributed by atoms with Crippen LogP contribution < -0.4 is 5.43 Å². The van der Waals surface area contributed by atoms with E-state index in [1.807, 2.05) is 26.0 Å². The molecule has 0 unspecified atom stereocenters. The highest BCUT2D eigenvalue weighted by Crippen LogP contribution is 2.20. The number of non-ortho nitro benzene ring substituents is 1. The monoisotopic (exact) mass is 303 g/mol. The highest BCUT2D eigenvalue weighted by molar-refractivity contribution is 6.31. The third kappa shape index (κ3) is 3.79. The Morgan fingerprint density at radius 2 is 1.90 bits per heavy atom. The van der Waals surface area contributed by atoms with Gasteiger partial charge in [-0.3, -0.25) is 15.5 Å². The number of nitrogens with zero attached hydrogens (tertiary/aromatic N) is 2. The Morgan fingerprint density at radius 3 is 2.48 bits per heavy atom. The number of benzene rings is 2. The van der Waals surface area contributed by atoms with Crippen LogP contribution in [0.15, 0.2) is 47.6 Å². The summed E-state index contributed by atoms with van der Waals surface area (Å²) in [5.74, 6) is 0.